The van der Waals surface area contributed by atoms with Crippen LogP contribution in [0.3, 0.4) is 0 Å². The van der Waals surface area contributed by atoms with Gasteiger partial charge in [-0.05, 0) is 74.8 Å². The van der Waals surface area contributed by atoms with E-state index in [9.17, 15) is 8.42 Å². The lowest BCUT2D eigenvalue weighted by molar-refractivity contribution is 0.00578. The molecule has 198 valence electrons. The van der Waals surface area contributed by atoms with Crippen molar-refractivity contribution in [3.05, 3.63) is 95.6 Å². The normalized spacial score (nSPS) is 22.6. The first-order valence-electron chi connectivity index (χ1n) is 13.2. The van der Waals surface area contributed by atoms with Gasteiger partial charge < -0.3 is 9.31 Å². The van der Waals surface area contributed by atoms with Crippen molar-refractivity contribution in [1.29, 1.82) is 0 Å². The Balaban J connectivity index is 1.56. The first-order chi connectivity index (χ1) is 17.9. The van der Waals surface area contributed by atoms with E-state index < -0.39 is 28.3 Å². The van der Waals surface area contributed by atoms with E-state index in [4.69, 9.17) is 9.31 Å². The first kappa shape index (κ1) is 26.9. The van der Waals surface area contributed by atoms with Gasteiger partial charge in [-0.25, -0.2) is 8.42 Å². The lowest BCUT2D eigenvalue weighted by Crippen LogP contribution is -2.41. The zero-order valence-corrected chi connectivity index (χ0v) is 23.9. The lowest BCUT2D eigenvalue weighted by Gasteiger charge is -2.32. The quantitative estimate of drug-likeness (QED) is 0.360. The van der Waals surface area contributed by atoms with Gasteiger partial charge in [0, 0.05) is 13.1 Å². The molecule has 7 heteroatoms. The molecule has 5 rings (SSSR count). The lowest BCUT2D eigenvalue weighted by atomic mass is 9.69. The van der Waals surface area contributed by atoms with Crippen molar-refractivity contribution >= 4 is 22.6 Å². The molecule has 0 aromatic heterocycles. The van der Waals surface area contributed by atoms with Crippen LogP contribution in [0.5, 0.6) is 0 Å². The molecule has 0 unspecified atom stereocenters. The summed E-state index contributed by atoms with van der Waals surface area (Å²) >= 11 is 0. The van der Waals surface area contributed by atoms with Crippen molar-refractivity contribution in [3.8, 4) is 11.1 Å². The van der Waals surface area contributed by atoms with Crippen molar-refractivity contribution < 1.29 is 17.7 Å². The van der Waals surface area contributed by atoms with Crippen LogP contribution >= 0.6 is 0 Å². The Morgan fingerprint density at radius 2 is 1.39 bits per heavy atom. The number of hydrogen-bond donors (Lipinski definition) is 0. The third kappa shape index (κ3) is 4.89. The molecule has 1 atom stereocenters. The summed E-state index contributed by atoms with van der Waals surface area (Å²) in [5, 5.41) is 0. The molecular weight excluding hydrogens is 493 g/mol. The van der Waals surface area contributed by atoms with E-state index in [1.807, 2.05) is 65.0 Å². The summed E-state index contributed by atoms with van der Waals surface area (Å²) in [4.78, 5) is 0.320. The van der Waals surface area contributed by atoms with Gasteiger partial charge >= 0.3 is 7.12 Å². The fourth-order valence-electron chi connectivity index (χ4n) is 5.13. The summed E-state index contributed by atoms with van der Waals surface area (Å²) in [6.07, 6.45) is 0. The molecule has 0 aliphatic carbocycles. The van der Waals surface area contributed by atoms with E-state index in [0.29, 0.717) is 18.0 Å². The fraction of sp³-hybridized carbons (Fsp3) is 0.355. The number of nitrogens with zero attached hydrogens (tertiary/aromatic N) is 1. The molecule has 0 bridgehead atoms. The minimum atomic E-state index is -3.63. The number of sulfonamides is 1. The number of rotatable bonds is 5. The molecule has 2 aliphatic heterocycles. The summed E-state index contributed by atoms with van der Waals surface area (Å²) in [5.41, 5.74) is 5.22. The van der Waals surface area contributed by atoms with E-state index in [1.165, 1.54) is 0 Å². The van der Waals surface area contributed by atoms with Crippen LogP contribution < -0.4 is 0 Å². The maximum atomic E-state index is 13.6. The second-order valence-electron chi connectivity index (χ2n) is 11.5. The molecule has 0 spiro atoms. The Labute approximate surface area is 227 Å². The largest absolute Gasteiger partial charge is 0.495 e. The van der Waals surface area contributed by atoms with Gasteiger partial charge in [-0.2, -0.15) is 4.31 Å². The number of hydrogen-bond acceptors (Lipinski definition) is 4. The van der Waals surface area contributed by atoms with Crippen LogP contribution in [0.1, 0.15) is 45.7 Å². The molecule has 2 aliphatic rings. The third-order valence-corrected chi connectivity index (χ3v) is 10.0. The van der Waals surface area contributed by atoms with Crippen molar-refractivity contribution in [1.82, 2.24) is 4.31 Å². The topological polar surface area (TPSA) is 55.8 Å². The summed E-state index contributed by atoms with van der Waals surface area (Å²) in [6, 6.07) is 25.7. The average Bonchev–Trinajstić information content (AvgIpc) is 3.36. The zero-order chi connectivity index (χ0) is 27.3. The molecule has 2 heterocycles. The molecule has 0 saturated carbocycles. The van der Waals surface area contributed by atoms with E-state index in [0.717, 1.165) is 33.3 Å². The molecule has 0 N–H and O–H groups in total. The number of aryl methyl sites for hydroxylation is 1. The highest BCUT2D eigenvalue weighted by molar-refractivity contribution is 7.89. The highest BCUT2D eigenvalue weighted by Gasteiger charge is 2.53. The fourth-order valence-corrected chi connectivity index (χ4v) is 6.63. The van der Waals surface area contributed by atoms with E-state index in [-0.39, 0.29) is 5.92 Å². The van der Waals surface area contributed by atoms with Gasteiger partial charge in [0.15, 0.2) is 0 Å². The minimum absolute atomic E-state index is 0.0121. The van der Waals surface area contributed by atoms with Crippen molar-refractivity contribution in [2.24, 2.45) is 5.92 Å². The summed E-state index contributed by atoms with van der Waals surface area (Å²) in [6.45, 7) is 12.9. The summed E-state index contributed by atoms with van der Waals surface area (Å²) in [5.74, 6) is 0.0121. The Morgan fingerprint density at radius 1 is 0.842 bits per heavy atom. The third-order valence-electron chi connectivity index (χ3n) is 8.22. The monoisotopic (exact) mass is 529 g/mol. The number of benzene rings is 3. The minimum Gasteiger partial charge on any atom is -0.399 e. The van der Waals surface area contributed by atoms with Gasteiger partial charge in [0.1, 0.15) is 0 Å². The van der Waals surface area contributed by atoms with Crippen LogP contribution in [0, 0.1) is 12.8 Å². The van der Waals surface area contributed by atoms with E-state index in [1.54, 1.807) is 16.4 Å². The van der Waals surface area contributed by atoms with Crippen LogP contribution in [0.15, 0.2) is 89.3 Å². The standard InChI is InChI=1S/C31H36BNO4S/c1-22-12-18-27(19-13-22)38(34,35)33-20-23(2)28(21-33)29(32-36-30(3,4)31(5,6)37-32)26-16-14-25(15-17-26)24-10-8-7-9-11-24/h7-19,23H,20-21H2,1-6H3/b29-28-/t23-/m0/s1. The summed E-state index contributed by atoms with van der Waals surface area (Å²) < 4.78 is 41.8. The molecule has 5 nitrogen and oxygen atoms in total. The van der Waals surface area contributed by atoms with E-state index >= 15 is 0 Å². The van der Waals surface area contributed by atoms with Gasteiger partial charge in [-0.3, -0.25) is 0 Å². The van der Waals surface area contributed by atoms with Gasteiger partial charge in [-0.1, -0.05) is 84.8 Å². The van der Waals surface area contributed by atoms with Crippen LogP contribution in [-0.4, -0.2) is 44.1 Å². The van der Waals surface area contributed by atoms with Crippen molar-refractivity contribution in [3.63, 3.8) is 0 Å². The molecule has 3 aromatic rings. The molecular formula is C31H36BNO4S. The Hall–Kier alpha value is -2.71. The van der Waals surface area contributed by atoms with Gasteiger partial charge in [0.05, 0.1) is 16.1 Å². The predicted octanol–water partition coefficient (Wildman–Crippen LogP) is 6.39. The van der Waals surface area contributed by atoms with Crippen LogP contribution in [0.4, 0.5) is 0 Å². The maximum absolute atomic E-state index is 13.6. The van der Waals surface area contributed by atoms with Gasteiger partial charge in [0.25, 0.3) is 0 Å². The molecule has 2 saturated heterocycles. The highest BCUT2D eigenvalue weighted by Crippen LogP contribution is 2.44. The molecule has 0 amide bonds. The SMILES string of the molecule is Cc1ccc(S(=O)(=O)N2C/C(=C(/B3OC(C)(C)C(C)(C)O3)c3ccc(-c4ccccc4)cc3)[C@@H](C)C2)cc1. The zero-order valence-electron chi connectivity index (χ0n) is 23.1. The second-order valence-corrected chi connectivity index (χ2v) is 13.4. The Bertz CT molecular complexity index is 1430. The molecule has 2 fully saturated rings. The maximum Gasteiger partial charge on any atom is 0.495 e. The molecule has 3 aromatic carbocycles. The highest BCUT2D eigenvalue weighted by atomic mass is 32.2. The van der Waals surface area contributed by atoms with Crippen LogP contribution in [0.25, 0.3) is 16.6 Å². The van der Waals surface area contributed by atoms with Crippen LogP contribution in [0.2, 0.25) is 0 Å². The Kier molecular flexibility index (Phi) is 6.93. The molecule has 0 radical (unpaired) electrons. The average molecular weight is 530 g/mol. The first-order valence-corrected chi connectivity index (χ1v) is 14.6. The van der Waals surface area contributed by atoms with Gasteiger partial charge in [-0.15, -0.1) is 0 Å². The van der Waals surface area contributed by atoms with Crippen molar-refractivity contribution in [2.45, 2.75) is 57.6 Å². The van der Waals surface area contributed by atoms with Crippen LogP contribution in [-0.2, 0) is 19.3 Å². The summed E-state index contributed by atoms with van der Waals surface area (Å²) in [7, 11) is -4.23. The van der Waals surface area contributed by atoms with Gasteiger partial charge in [0.2, 0.25) is 10.0 Å². The molecule has 38 heavy (non-hydrogen) atoms. The van der Waals surface area contributed by atoms with Crippen molar-refractivity contribution in [2.75, 3.05) is 13.1 Å². The van der Waals surface area contributed by atoms with E-state index in [2.05, 4.69) is 43.3 Å². The Morgan fingerprint density at radius 3 is 1.97 bits per heavy atom. The smallest absolute Gasteiger partial charge is 0.399 e. The predicted molar refractivity (Wildman–Crippen MR) is 154 cm³/mol. The second kappa shape index (κ2) is 9.80.